The topological polar surface area (TPSA) is 123 Å². The first-order valence-electron chi connectivity index (χ1n) is 18.7. The maximum absolute atomic E-state index is 14.4. The van der Waals surface area contributed by atoms with E-state index < -0.39 is 6.04 Å². The highest BCUT2D eigenvalue weighted by Crippen LogP contribution is 2.33. The average molecular weight is 750 g/mol. The van der Waals surface area contributed by atoms with Crippen molar-refractivity contribution in [2.45, 2.75) is 31.7 Å². The third-order valence-electron chi connectivity index (χ3n) is 10.0. The van der Waals surface area contributed by atoms with Gasteiger partial charge in [-0.2, -0.15) is 5.12 Å². The van der Waals surface area contributed by atoms with E-state index in [2.05, 4.69) is 63.1 Å². The van der Waals surface area contributed by atoms with Crippen molar-refractivity contribution in [2.75, 3.05) is 25.5 Å². The monoisotopic (exact) mass is 749 g/mol. The number of rotatable bonds is 15. The highest BCUT2D eigenvalue weighted by atomic mass is 16.5. The van der Waals surface area contributed by atoms with Gasteiger partial charge >= 0.3 is 0 Å². The first kappa shape index (κ1) is 38.1. The number of para-hydroxylation sites is 1. The number of amides is 2. The molecule has 6 aromatic rings. The number of nitrogens with zero attached hydrogens (tertiary/aromatic N) is 3. The van der Waals surface area contributed by atoms with Crippen LogP contribution in [0.1, 0.15) is 27.0 Å². The van der Waals surface area contributed by atoms with E-state index in [1.807, 2.05) is 102 Å². The van der Waals surface area contributed by atoms with E-state index in [0.29, 0.717) is 49.6 Å². The lowest BCUT2D eigenvalue weighted by Crippen LogP contribution is -2.70. The second-order valence-electron chi connectivity index (χ2n) is 13.9. The Hall–Kier alpha value is -6.24. The van der Waals surface area contributed by atoms with Crippen LogP contribution in [-0.2, 0) is 31.4 Å². The molecule has 1 aromatic heterocycles. The third-order valence-corrected chi connectivity index (χ3v) is 10.0. The molecule has 2 heterocycles. The summed E-state index contributed by atoms with van der Waals surface area (Å²) in [5, 5.41) is 19.5. The number of anilines is 1. The molecule has 11 nitrogen and oxygen atoms in total. The van der Waals surface area contributed by atoms with Crippen molar-refractivity contribution in [3.63, 3.8) is 0 Å². The molecule has 0 unspecified atom stereocenters. The molecule has 1 aliphatic rings. The fourth-order valence-electron chi connectivity index (χ4n) is 7.22. The molecule has 56 heavy (non-hydrogen) atoms. The molecule has 5 N–H and O–H groups in total. The minimum atomic E-state index is -0.528. The van der Waals surface area contributed by atoms with Crippen molar-refractivity contribution in [1.29, 1.82) is 0 Å². The van der Waals surface area contributed by atoms with Crippen molar-refractivity contribution in [1.82, 2.24) is 30.8 Å². The normalized spacial score (nSPS) is 15.6. The summed E-state index contributed by atoms with van der Waals surface area (Å²) in [5.74, 6) is 0.679. The van der Waals surface area contributed by atoms with Gasteiger partial charge < -0.3 is 24.6 Å². The van der Waals surface area contributed by atoms with E-state index >= 15 is 0 Å². The van der Waals surface area contributed by atoms with Crippen molar-refractivity contribution >= 4 is 28.4 Å². The minimum absolute atomic E-state index is 0.0111. The Morgan fingerprint density at radius 3 is 2.46 bits per heavy atom. The summed E-state index contributed by atoms with van der Waals surface area (Å²) in [7, 11) is 3.62. The molecule has 0 aliphatic carbocycles. The van der Waals surface area contributed by atoms with Crippen LogP contribution in [0.4, 0.5) is 5.69 Å². The quantitative estimate of drug-likeness (QED) is 0.0606. The molecule has 0 spiro atoms. The fourth-order valence-corrected chi connectivity index (χ4v) is 7.22. The van der Waals surface area contributed by atoms with Gasteiger partial charge in [0.25, 0.3) is 5.91 Å². The number of aromatic hydroxyl groups is 1. The van der Waals surface area contributed by atoms with Crippen LogP contribution in [0, 0.1) is 0 Å². The largest absolute Gasteiger partial charge is 0.508 e. The molecule has 2 atom stereocenters. The number of ether oxygens (including phenoxy) is 1. The summed E-state index contributed by atoms with van der Waals surface area (Å²) >= 11 is 0. The second kappa shape index (κ2) is 17.5. The predicted octanol–water partition coefficient (Wildman–Crippen LogP) is 6.38. The molecule has 5 aromatic carbocycles. The number of phenolic OH excluding ortho intramolecular Hbond substituents is 1. The summed E-state index contributed by atoms with van der Waals surface area (Å²) in [6, 6.07) is 37.7. The summed E-state index contributed by atoms with van der Waals surface area (Å²) in [4.78, 5) is 29.6. The summed E-state index contributed by atoms with van der Waals surface area (Å²) in [6.45, 7) is 5.79. The van der Waals surface area contributed by atoms with Gasteiger partial charge in [0, 0.05) is 55.1 Å². The number of hydrogen-bond acceptors (Lipinski definition) is 8. The van der Waals surface area contributed by atoms with Gasteiger partial charge in [-0.1, -0.05) is 78.9 Å². The first-order chi connectivity index (χ1) is 27.3. The molecule has 286 valence electrons. The molecule has 11 heteroatoms. The van der Waals surface area contributed by atoms with Gasteiger partial charge in [0.2, 0.25) is 5.91 Å². The number of benzene rings is 5. The van der Waals surface area contributed by atoms with E-state index in [-0.39, 0.29) is 23.7 Å². The van der Waals surface area contributed by atoms with Crippen LogP contribution in [0.3, 0.4) is 0 Å². The van der Waals surface area contributed by atoms with Gasteiger partial charge in [0.1, 0.15) is 17.7 Å². The van der Waals surface area contributed by atoms with E-state index in [0.717, 1.165) is 38.7 Å². The first-order valence-corrected chi connectivity index (χ1v) is 18.7. The number of carbonyl (C=O) groups is 2. The molecule has 1 fully saturated rings. The van der Waals surface area contributed by atoms with Gasteiger partial charge in [-0.3, -0.25) is 14.9 Å². The van der Waals surface area contributed by atoms with Crippen LogP contribution < -0.4 is 26.2 Å². The Balaban J connectivity index is 1.16. The molecule has 1 saturated heterocycles. The number of hydrazine groups is 2. The fraction of sp³-hybridized carbons (Fsp3) is 0.200. The lowest BCUT2D eigenvalue weighted by Gasteiger charge is -2.43. The summed E-state index contributed by atoms with van der Waals surface area (Å²) in [6.07, 6.45) is 4.03. The number of nitrogens with one attached hydrogen (secondary N) is 4. The maximum Gasteiger partial charge on any atom is 0.255 e. The van der Waals surface area contributed by atoms with Gasteiger partial charge in [-0.15, -0.1) is 6.58 Å². The Kier molecular flexibility index (Phi) is 11.9. The Morgan fingerprint density at radius 2 is 1.71 bits per heavy atom. The zero-order valence-electron chi connectivity index (χ0n) is 31.6. The Labute approximate surface area is 327 Å². The Morgan fingerprint density at radius 1 is 0.946 bits per heavy atom. The summed E-state index contributed by atoms with van der Waals surface area (Å²) < 4.78 is 7.34. The van der Waals surface area contributed by atoms with E-state index in [9.17, 15) is 14.7 Å². The number of phenols is 1. The molecule has 0 saturated carbocycles. The lowest BCUT2D eigenvalue weighted by molar-refractivity contribution is -0.142. The van der Waals surface area contributed by atoms with Crippen LogP contribution >= 0.6 is 0 Å². The third kappa shape index (κ3) is 8.83. The predicted molar refractivity (Wildman–Crippen MR) is 221 cm³/mol. The van der Waals surface area contributed by atoms with E-state index in [1.54, 1.807) is 25.3 Å². The minimum Gasteiger partial charge on any atom is -0.508 e. The number of fused-ring (bicyclic) bond motifs is 1. The van der Waals surface area contributed by atoms with Crippen LogP contribution in [0.25, 0.3) is 22.0 Å². The molecule has 0 radical (unpaired) electrons. The van der Waals surface area contributed by atoms with E-state index in [4.69, 9.17) is 4.74 Å². The van der Waals surface area contributed by atoms with Gasteiger partial charge in [-0.25, -0.2) is 10.9 Å². The highest BCUT2D eigenvalue weighted by molar-refractivity contribution is 6.06. The van der Waals surface area contributed by atoms with Gasteiger partial charge in [0.05, 0.1) is 25.2 Å². The van der Waals surface area contributed by atoms with Crippen molar-refractivity contribution < 1.29 is 19.4 Å². The van der Waals surface area contributed by atoms with Crippen molar-refractivity contribution in [3.05, 3.63) is 162 Å². The van der Waals surface area contributed by atoms with Crippen LogP contribution in [-0.4, -0.2) is 63.9 Å². The highest BCUT2D eigenvalue weighted by Gasteiger charge is 2.37. The smallest absolute Gasteiger partial charge is 0.255 e. The van der Waals surface area contributed by atoms with Crippen LogP contribution in [0.15, 0.2) is 140 Å². The molecule has 2 amide bonds. The number of aryl methyl sites for hydroxylation is 1. The van der Waals surface area contributed by atoms with Crippen molar-refractivity contribution in [3.8, 4) is 22.6 Å². The molecular formula is C45H47N7O4. The summed E-state index contributed by atoms with van der Waals surface area (Å²) in [5.41, 5.74) is 14.1. The van der Waals surface area contributed by atoms with E-state index in [1.165, 1.54) is 0 Å². The number of aromatic nitrogens is 1. The van der Waals surface area contributed by atoms with Gasteiger partial charge in [-0.05, 0) is 77.2 Å². The number of piperazine rings is 1. The molecule has 0 bridgehead atoms. The Bertz CT molecular complexity index is 2290. The number of hydrogen-bond donors (Lipinski definition) is 5. The number of carbonyl (C=O) groups excluding carboxylic acids is 2. The maximum atomic E-state index is 14.4. The van der Waals surface area contributed by atoms with Crippen LogP contribution in [0.5, 0.6) is 11.5 Å². The zero-order chi connectivity index (χ0) is 39.0. The second-order valence-corrected chi connectivity index (χ2v) is 13.9. The molecular weight excluding hydrogens is 703 g/mol. The zero-order valence-corrected chi connectivity index (χ0v) is 31.6. The van der Waals surface area contributed by atoms with Crippen LogP contribution in [0.2, 0.25) is 0 Å². The number of methoxy groups -OCH3 is 1. The van der Waals surface area contributed by atoms with Crippen molar-refractivity contribution in [2.24, 2.45) is 7.05 Å². The average Bonchev–Trinajstić information content (AvgIpc) is 3.57. The molecule has 1 aliphatic heterocycles. The standard InChI is InChI=1S/C45H47N7O4/c1-4-24-46-52(47-27-32-10-6-5-7-11-32)42-30-51(45(55)41(49-42)25-31-16-20-37(53)21-17-31)28-35-14-9-15-39-40(29-50(2)43(35)39)33-12-8-13-34(26-33)44(54)48-36-18-22-38(56-3)23-19-36/h4-23,26,29,41-42,46-47,49,53H,1,24-25,27-28,30H2,2-3H3,(H,48,54)/t41-,42-/m0/s1. The van der Waals surface area contributed by atoms with Gasteiger partial charge in [0.15, 0.2) is 0 Å². The SMILES string of the molecule is C=CCNN(NCc1ccccc1)[C@H]1CN(Cc2cccc3c(-c4cccc(C(=O)Nc5ccc(OC)cc5)c4)cn(C)c23)C(=O)[C@H](Cc2ccc(O)cc2)N1. The molecule has 7 rings (SSSR count). The lowest BCUT2D eigenvalue weighted by atomic mass is 9.99.